The smallest absolute Gasteiger partial charge is 0.416 e. The normalized spacial score (nSPS) is 16.2. The van der Waals surface area contributed by atoms with E-state index in [1.807, 2.05) is 18.2 Å². The maximum atomic E-state index is 13.5. The highest BCUT2D eigenvalue weighted by Crippen LogP contribution is 2.51. The van der Waals surface area contributed by atoms with Gasteiger partial charge in [-0.05, 0) is 59.4 Å². The number of alkyl halides is 3. The third-order valence-corrected chi connectivity index (χ3v) is 6.00. The second-order valence-corrected chi connectivity index (χ2v) is 8.03. The molecule has 1 fully saturated rings. The number of carbonyl (C=O) groups is 1. The van der Waals surface area contributed by atoms with Crippen molar-refractivity contribution in [2.24, 2.45) is 0 Å². The molecular weight excluding hydrogens is 405 g/mol. The van der Waals surface area contributed by atoms with Crippen molar-refractivity contribution >= 4 is 5.78 Å². The van der Waals surface area contributed by atoms with Gasteiger partial charge in [-0.2, -0.15) is 13.2 Å². The molecule has 0 spiro atoms. The van der Waals surface area contributed by atoms with Crippen molar-refractivity contribution in [3.63, 3.8) is 0 Å². The van der Waals surface area contributed by atoms with Crippen LogP contribution in [0.15, 0.2) is 66.7 Å². The summed E-state index contributed by atoms with van der Waals surface area (Å²) in [5.41, 5.74) is 0.917. The maximum Gasteiger partial charge on any atom is 0.416 e. The predicted molar refractivity (Wildman–Crippen MR) is 109 cm³/mol. The number of Topliss-reactive ketones (excluding diaryl/α,β-unsaturated/α-hetero) is 1. The molecule has 3 nitrogen and oxygen atoms in total. The number of hydrogen-bond acceptors (Lipinski definition) is 3. The molecular formula is C25H19F3O3. The van der Waals surface area contributed by atoms with Gasteiger partial charge in [0.1, 0.15) is 5.78 Å². The highest BCUT2D eigenvalue weighted by Gasteiger charge is 2.51. The number of ketones is 1. The third kappa shape index (κ3) is 3.67. The summed E-state index contributed by atoms with van der Waals surface area (Å²) in [6.45, 7) is 0.145. The standard InChI is InChI=1S/C25H19F3O3/c26-25(27,28)20-11-16(10-18(13-20)17-4-2-1-3-5-17)12-23(29)24(8-9-24)19-6-7-21-22(14-19)31-15-30-21/h1-7,10-11,13-14H,8-9,12,15H2. The van der Waals surface area contributed by atoms with Crippen LogP contribution in [0.5, 0.6) is 11.5 Å². The van der Waals surface area contributed by atoms with Gasteiger partial charge in [-0.15, -0.1) is 0 Å². The number of fused-ring (bicyclic) bond motifs is 1. The molecule has 31 heavy (non-hydrogen) atoms. The summed E-state index contributed by atoms with van der Waals surface area (Å²) in [5, 5.41) is 0. The molecule has 6 heteroatoms. The first-order valence-electron chi connectivity index (χ1n) is 10.1. The van der Waals surface area contributed by atoms with Gasteiger partial charge >= 0.3 is 6.18 Å². The molecule has 0 aromatic heterocycles. The van der Waals surface area contributed by atoms with Crippen molar-refractivity contribution in [3.8, 4) is 22.6 Å². The summed E-state index contributed by atoms with van der Waals surface area (Å²) in [6.07, 6.45) is -3.19. The molecule has 1 saturated carbocycles. The molecule has 0 unspecified atom stereocenters. The van der Waals surface area contributed by atoms with E-state index in [0.29, 0.717) is 41.0 Å². The summed E-state index contributed by atoms with van der Waals surface area (Å²) in [6, 6.07) is 18.2. The van der Waals surface area contributed by atoms with Crippen LogP contribution in [-0.4, -0.2) is 12.6 Å². The minimum Gasteiger partial charge on any atom is -0.454 e. The van der Waals surface area contributed by atoms with Crippen LogP contribution in [0.3, 0.4) is 0 Å². The van der Waals surface area contributed by atoms with E-state index in [4.69, 9.17) is 9.47 Å². The molecule has 0 bridgehead atoms. The van der Waals surface area contributed by atoms with Gasteiger partial charge in [0.25, 0.3) is 0 Å². The number of benzene rings is 3. The molecule has 3 aromatic carbocycles. The summed E-state index contributed by atoms with van der Waals surface area (Å²) in [7, 11) is 0. The highest BCUT2D eigenvalue weighted by atomic mass is 19.4. The summed E-state index contributed by atoms with van der Waals surface area (Å²) in [5.74, 6) is 1.16. The zero-order valence-electron chi connectivity index (χ0n) is 16.5. The van der Waals surface area contributed by atoms with Crippen LogP contribution >= 0.6 is 0 Å². The average Bonchev–Trinajstić information content (AvgIpc) is 3.44. The van der Waals surface area contributed by atoms with E-state index in [1.54, 1.807) is 36.4 Å². The van der Waals surface area contributed by atoms with Gasteiger partial charge in [0.2, 0.25) is 6.79 Å². The average molecular weight is 424 g/mol. The molecule has 0 radical (unpaired) electrons. The first kappa shape index (κ1) is 19.7. The lowest BCUT2D eigenvalue weighted by molar-refractivity contribution is -0.137. The van der Waals surface area contributed by atoms with Crippen molar-refractivity contribution in [1.29, 1.82) is 0 Å². The van der Waals surface area contributed by atoms with Crippen LogP contribution < -0.4 is 9.47 Å². The zero-order valence-corrected chi connectivity index (χ0v) is 16.5. The van der Waals surface area contributed by atoms with E-state index in [9.17, 15) is 18.0 Å². The Hall–Kier alpha value is -3.28. The molecule has 0 amide bonds. The molecule has 3 aromatic rings. The lowest BCUT2D eigenvalue weighted by Gasteiger charge is -2.17. The first-order chi connectivity index (χ1) is 14.8. The van der Waals surface area contributed by atoms with Gasteiger partial charge in [0, 0.05) is 6.42 Å². The van der Waals surface area contributed by atoms with Crippen molar-refractivity contribution in [2.75, 3.05) is 6.79 Å². The number of rotatable bonds is 5. The Labute approximate surface area is 177 Å². The number of hydrogen-bond donors (Lipinski definition) is 0. The van der Waals surface area contributed by atoms with E-state index in [0.717, 1.165) is 17.7 Å². The minimum atomic E-state index is -4.49. The third-order valence-electron chi connectivity index (χ3n) is 6.00. The molecule has 0 atom stereocenters. The summed E-state index contributed by atoms with van der Waals surface area (Å²) < 4.78 is 51.3. The highest BCUT2D eigenvalue weighted by molar-refractivity contribution is 5.95. The second kappa shape index (κ2) is 7.15. The Balaban J connectivity index is 1.47. The van der Waals surface area contributed by atoms with Gasteiger partial charge in [0.15, 0.2) is 11.5 Å². The SMILES string of the molecule is O=C(Cc1cc(-c2ccccc2)cc(C(F)(F)F)c1)C1(c2ccc3c(c2)OCO3)CC1. The van der Waals surface area contributed by atoms with Crippen LogP contribution in [0.25, 0.3) is 11.1 Å². The summed E-state index contributed by atoms with van der Waals surface area (Å²) in [4.78, 5) is 13.3. The molecule has 0 N–H and O–H groups in total. The Bertz CT molecular complexity index is 1150. The van der Waals surface area contributed by atoms with Gasteiger partial charge < -0.3 is 9.47 Å². The quantitative estimate of drug-likeness (QED) is 0.508. The predicted octanol–water partition coefficient (Wildman–Crippen LogP) is 5.94. The lowest BCUT2D eigenvalue weighted by Crippen LogP contribution is -2.22. The van der Waals surface area contributed by atoms with E-state index < -0.39 is 17.2 Å². The van der Waals surface area contributed by atoms with Gasteiger partial charge in [-0.3, -0.25) is 4.79 Å². The fourth-order valence-corrected chi connectivity index (χ4v) is 4.16. The largest absolute Gasteiger partial charge is 0.454 e. The van der Waals surface area contributed by atoms with Gasteiger partial charge in [-0.1, -0.05) is 42.5 Å². The Morgan fingerprint density at radius 1 is 0.871 bits per heavy atom. The molecule has 2 aliphatic rings. The first-order valence-corrected chi connectivity index (χ1v) is 10.1. The van der Waals surface area contributed by atoms with Gasteiger partial charge in [-0.25, -0.2) is 0 Å². The van der Waals surface area contributed by atoms with Crippen LogP contribution in [0.1, 0.15) is 29.5 Å². The zero-order chi connectivity index (χ0) is 21.6. The van der Waals surface area contributed by atoms with Crippen LogP contribution in [0, 0.1) is 0 Å². The topological polar surface area (TPSA) is 35.5 Å². The molecule has 158 valence electrons. The monoisotopic (exact) mass is 424 g/mol. The fourth-order valence-electron chi connectivity index (χ4n) is 4.16. The van der Waals surface area contributed by atoms with E-state index >= 15 is 0 Å². The second-order valence-electron chi connectivity index (χ2n) is 8.03. The number of ether oxygens (including phenoxy) is 2. The summed E-state index contributed by atoms with van der Waals surface area (Å²) >= 11 is 0. The Kier molecular flexibility index (Phi) is 4.54. The number of halogens is 3. The van der Waals surface area contributed by atoms with Crippen molar-refractivity contribution in [3.05, 3.63) is 83.4 Å². The van der Waals surface area contributed by atoms with Crippen molar-refractivity contribution < 1.29 is 27.4 Å². The Morgan fingerprint density at radius 2 is 1.61 bits per heavy atom. The molecule has 1 heterocycles. The van der Waals surface area contributed by atoms with E-state index in [1.165, 1.54) is 0 Å². The fraction of sp³-hybridized carbons (Fsp3) is 0.240. The van der Waals surface area contributed by atoms with Gasteiger partial charge in [0.05, 0.1) is 11.0 Å². The lowest BCUT2D eigenvalue weighted by atomic mass is 9.87. The number of carbonyl (C=O) groups excluding carboxylic acids is 1. The molecule has 5 rings (SSSR count). The Morgan fingerprint density at radius 3 is 2.32 bits per heavy atom. The maximum absolute atomic E-state index is 13.5. The van der Waals surface area contributed by atoms with Crippen LogP contribution in [-0.2, 0) is 22.8 Å². The van der Waals surface area contributed by atoms with Crippen molar-refractivity contribution in [1.82, 2.24) is 0 Å². The molecule has 1 aliphatic carbocycles. The minimum absolute atomic E-state index is 0.0573. The van der Waals surface area contributed by atoms with E-state index in [2.05, 4.69) is 0 Å². The van der Waals surface area contributed by atoms with Crippen molar-refractivity contribution in [2.45, 2.75) is 30.9 Å². The molecule has 1 aliphatic heterocycles. The molecule has 0 saturated heterocycles. The van der Waals surface area contributed by atoms with Crippen LogP contribution in [0.4, 0.5) is 13.2 Å². The van der Waals surface area contributed by atoms with E-state index in [-0.39, 0.29) is 19.0 Å². The van der Waals surface area contributed by atoms with Crippen LogP contribution in [0.2, 0.25) is 0 Å².